The molecule has 6 heteroatoms. The zero-order chi connectivity index (χ0) is 20.9. The molecule has 1 N–H and O–H groups in total. The summed E-state index contributed by atoms with van der Waals surface area (Å²) in [6.45, 7) is 3.98. The number of piperidine rings is 1. The van der Waals surface area contributed by atoms with Crippen molar-refractivity contribution in [3.63, 3.8) is 0 Å². The Balaban J connectivity index is 1.36. The molecule has 1 aliphatic rings. The van der Waals surface area contributed by atoms with Crippen LogP contribution in [0.5, 0.6) is 11.5 Å². The van der Waals surface area contributed by atoms with Gasteiger partial charge in [-0.2, -0.15) is 0 Å². The van der Waals surface area contributed by atoms with Gasteiger partial charge in [0.15, 0.2) is 11.5 Å². The Morgan fingerprint density at radius 2 is 2.00 bits per heavy atom. The van der Waals surface area contributed by atoms with E-state index in [9.17, 15) is 4.79 Å². The number of likely N-dealkylation sites (tertiary alicyclic amines) is 1. The number of rotatable bonds is 6. The van der Waals surface area contributed by atoms with Crippen LogP contribution in [-0.4, -0.2) is 47.6 Å². The highest BCUT2D eigenvalue weighted by Crippen LogP contribution is 2.29. The number of aromatic nitrogens is 2. The molecule has 0 spiro atoms. The van der Waals surface area contributed by atoms with Crippen LogP contribution in [0.15, 0.2) is 48.5 Å². The van der Waals surface area contributed by atoms with Crippen LogP contribution in [0.25, 0.3) is 17.1 Å². The summed E-state index contributed by atoms with van der Waals surface area (Å²) in [6, 6.07) is 13.7. The van der Waals surface area contributed by atoms with Gasteiger partial charge in [-0.15, -0.1) is 0 Å². The van der Waals surface area contributed by atoms with Crippen molar-refractivity contribution in [2.75, 3.05) is 26.8 Å². The fraction of sp³-hybridized carbons (Fsp3) is 0.333. The van der Waals surface area contributed by atoms with E-state index in [1.165, 1.54) is 0 Å². The predicted octanol–water partition coefficient (Wildman–Crippen LogP) is 4.39. The molecule has 0 atom stereocenters. The van der Waals surface area contributed by atoms with Gasteiger partial charge in [0.25, 0.3) is 0 Å². The number of para-hydroxylation sites is 2. The Labute approximate surface area is 176 Å². The van der Waals surface area contributed by atoms with Gasteiger partial charge in [0, 0.05) is 25.1 Å². The number of amides is 1. The van der Waals surface area contributed by atoms with E-state index in [1.807, 2.05) is 60.4 Å². The van der Waals surface area contributed by atoms with E-state index in [0.29, 0.717) is 24.0 Å². The predicted molar refractivity (Wildman–Crippen MR) is 118 cm³/mol. The van der Waals surface area contributed by atoms with Crippen LogP contribution in [-0.2, 0) is 4.79 Å². The topological polar surface area (TPSA) is 67.5 Å². The summed E-state index contributed by atoms with van der Waals surface area (Å²) < 4.78 is 10.9. The Bertz CT molecular complexity index is 1020. The number of nitrogens with zero attached hydrogens (tertiary/aromatic N) is 2. The smallest absolute Gasteiger partial charge is 0.246 e. The van der Waals surface area contributed by atoms with Crippen molar-refractivity contribution < 1.29 is 14.3 Å². The monoisotopic (exact) mass is 405 g/mol. The van der Waals surface area contributed by atoms with Crippen molar-refractivity contribution in [2.45, 2.75) is 25.7 Å². The second kappa shape index (κ2) is 9.03. The fourth-order valence-corrected chi connectivity index (χ4v) is 3.87. The summed E-state index contributed by atoms with van der Waals surface area (Å²) in [5.74, 6) is 2.79. The fourth-order valence-electron chi connectivity index (χ4n) is 3.87. The first-order valence-corrected chi connectivity index (χ1v) is 10.4. The van der Waals surface area contributed by atoms with E-state index in [2.05, 4.69) is 4.98 Å². The highest BCUT2D eigenvalue weighted by molar-refractivity contribution is 5.92. The lowest BCUT2D eigenvalue weighted by molar-refractivity contribution is -0.127. The van der Waals surface area contributed by atoms with Gasteiger partial charge in [-0.3, -0.25) is 4.79 Å². The number of hydrogen-bond acceptors (Lipinski definition) is 4. The first kappa shape index (κ1) is 20.0. The number of imidazole rings is 1. The van der Waals surface area contributed by atoms with Crippen molar-refractivity contribution in [3.05, 3.63) is 59.9 Å². The van der Waals surface area contributed by atoms with E-state index in [-0.39, 0.29) is 5.91 Å². The SMILES string of the molecule is CCOc1ccc(/C=C/C(=O)N2CCC(c3nc4ccccc4[nH]3)CC2)cc1OC. The summed E-state index contributed by atoms with van der Waals surface area (Å²) in [4.78, 5) is 22.7. The maximum absolute atomic E-state index is 12.6. The highest BCUT2D eigenvalue weighted by atomic mass is 16.5. The molecule has 2 aromatic carbocycles. The summed E-state index contributed by atoms with van der Waals surface area (Å²) in [6.07, 6.45) is 5.29. The van der Waals surface area contributed by atoms with Crippen LogP contribution in [0.3, 0.4) is 0 Å². The van der Waals surface area contributed by atoms with Gasteiger partial charge in [0.2, 0.25) is 5.91 Å². The second-order valence-electron chi connectivity index (χ2n) is 7.42. The molecule has 4 rings (SSSR count). The molecule has 1 aromatic heterocycles. The van der Waals surface area contributed by atoms with Gasteiger partial charge in [-0.25, -0.2) is 4.98 Å². The standard InChI is InChI=1S/C24H27N3O3/c1-3-30-21-10-8-17(16-22(21)29-2)9-11-23(28)27-14-12-18(13-15-27)24-25-19-6-4-5-7-20(19)26-24/h4-11,16,18H,3,12-15H2,1-2H3,(H,25,26)/b11-9+. The number of carbonyl (C=O) groups excluding carboxylic acids is 1. The third-order valence-electron chi connectivity index (χ3n) is 5.51. The van der Waals surface area contributed by atoms with Crippen LogP contribution in [0.1, 0.15) is 37.1 Å². The zero-order valence-corrected chi connectivity index (χ0v) is 17.4. The summed E-state index contributed by atoms with van der Waals surface area (Å²) in [5.41, 5.74) is 2.97. The maximum Gasteiger partial charge on any atom is 0.246 e. The number of hydrogen-bond donors (Lipinski definition) is 1. The molecule has 1 aliphatic heterocycles. The van der Waals surface area contributed by atoms with Crippen LogP contribution in [0, 0.1) is 0 Å². The van der Waals surface area contributed by atoms with Gasteiger partial charge in [-0.05, 0) is 55.7 Å². The van der Waals surface area contributed by atoms with Crippen molar-refractivity contribution in [2.24, 2.45) is 0 Å². The van der Waals surface area contributed by atoms with Gasteiger partial charge in [-0.1, -0.05) is 18.2 Å². The average molecular weight is 405 g/mol. The normalized spacial score (nSPS) is 15.1. The molecule has 1 saturated heterocycles. The number of benzene rings is 2. The summed E-state index contributed by atoms with van der Waals surface area (Å²) in [7, 11) is 1.61. The van der Waals surface area contributed by atoms with E-state index in [0.717, 1.165) is 48.4 Å². The third-order valence-corrected chi connectivity index (χ3v) is 5.51. The van der Waals surface area contributed by atoms with Crippen LogP contribution in [0.4, 0.5) is 0 Å². The number of aromatic amines is 1. The number of ether oxygens (including phenoxy) is 2. The van der Waals surface area contributed by atoms with E-state index in [4.69, 9.17) is 14.5 Å². The number of fused-ring (bicyclic) bond motifs is 1. The molecule has 0 bridgehead atoms. The highest BCUT2D eigenvalue weighted by Gasteiger charge is 2.24. The second-order valence-corrected chi connectivity index (χ2v) is 7.42. The average Bonchev–Trinajstić information content (AvgIpc) is 3.23. The molecular formula is C24H27N3O3. The first-order chi connectivity index (χ1) is 14.7. The minimum Gasteiger partial charge on any atom is -0.493 e. The number of nitrogens with one attached hydrogen (secondary N) is 1. The van der Waals surface area contributed by atoms with Gasteiger partial charge < -0.3 is 19.4 Å². The van der Waals surface area contributed by atoms with E-state index >= 15 is 0 Å². The molecule has 6 nitrogen and oxygen atoms in total. The lowest BCUT2D eigenvalue weighted by Gasteiger charge is -2.30. The number of methoxy groups -OCH3 is 1. The molecule has 0 saturated carbocycles. The van der Waals surface area contributed by atoms with Gasteiger partial charge >= 0.3 is 0 Å². The number of H-pyrrole nitrogens is 1. The molecule has 0 unspecified atom stereocenters. The third kappa shape index (κ3) is 4.32. The Hall–Kier alpha value is -3.28. The summed E-state index contributed by atoms with van der Waals surface area (Å²) >= 11 is 0. The zero-order valence-electron chi connectivity index (χ0n) is 17.4. The van der Waals surface area contributed by atoms with E-state index < -0.39 is 0 Å². The summed E-state index contributed by atoms with van der Waals surface area (Å²) in [5, 5.41) is 0. The number of carbonyl (C=O) groups is 1. The van der Waals surface area contributed by atoms with Crippen LogP contribution >= 0.6 is 0 Å². The van der Waals surface area contributed by atoms with E-state index in [1.54, 1.807) is 13.2 Å². The van der Waals surface area contributed by atoms with Crippen molar-refractivity contribution in [1.82, 2.24) is 14.9 Å². The van der Waals surface area contributed by atoms with Crippen molar-refractivity contribution >= 4 is 23.0 Å². The van der Waals surface area contributed by atoms with Crippen molar-refractivity contribution in [1.29, 1.82) is 0 Å². The Morgan fingerprint density at radius 1 is 1.20 bits per heavy atom. The molecular weight excluding hydrogens is 378 g/mol. The molecule has 0 radical (unpaired) electrons. The Kier molecular flexibility index (Phi) is 6.02. The first-order valence-electron chi connectivity index (χ1n) is 10.4. The largest absolute Gasteiger partial charge is 0.493 e. The molecule has 2 heterocycles. The maximum atomic E-state index is 12.6. The van der Waals surface area contributed by atoms with Gasteiger partial charge in [0.05, 0.1) is 24.8 Å². The van der Waals surface area contributed by atoms with Crippen LogP contribution < -0.4 is 9.47 Å². The van der Waals surface area contributed by atoms with Crippen molar-refractivity contribution in [3.8, 4) is 11.5 Å². The lowest BCUT2D eigenvalue weighted by atomic mass is 9.96. The van der Waals surface area contributed by atoms with Gasteiger partial charge in [0.1, 0.15) is 5.82 Å². The Morgan fingerprint density at radius 3 is 2.73 bits per heavy atom. The van der Waals surface area contributed by atoms with Crippen LogP contribution in [0.2, 0.25) is 0 Å². The molecule has 156 valence electrons. The minimum absolute atomic E-state index is 0.0332. The lowest BCUT2D eigenvalue weighted by Crippen LogP contribution is -2.37. The quantitative estimate of drug-likeness (QED) is 0.618. The molecule has 0 aliphatic carbocycles. The molecule has 3 aromatic rings. The molecule has 1 amide bonds. The molecule has 1 fully saturated rings. The molecule has 30 heavy (non-hydrogen) atoms. The minimum atomic E-state index is 0.0332.